The number of aryl methyl sites for hydroxylation is 1. The molecule has 1 saturated heterocycles. The summed E-state index contributed by atoms with van der Waals surface area (Å²) in [4.78, 5) is 26.7. The van der Waals surface area contributed by atoms with E-state index in [1.807, 2.05) is 12.1 Å². The first-order valence-electron chi connectivity index (χ1n) is 8.95. The highest BCUT2D eigenvalue weighted by molar-refractivity contribution is 5.94. The molecule has 0 bridgehead atoms. The summed E-state index contributed by atoms with van der Waals surface area (Å²) in [5.74, 6) is -0.0278. The quantitative estimate of drug-likeness (QED) is 0.779. The van der Waals surface area contributed by atoms with Crippen LogP contribution in [0, 0.1) is 0 Å². The fourth-order valence-corrected chi connectivity index (χ4v) is 3.08. The van der Waals surface area contributed by atoms with E-state index in [9.17, 15) is 14.7 Å². The summed E-state index contributed by atoms with van der Waals surface area (Å²) in [6.07, 6.45) is 4.08. The highest BCUT2D eigenvalue weighted by atomic mass is 16.5. The minimum atomic E-state index is -0.292. The lowest BCUT2D eigenvalue weighted by Gasteiger charge is -2.35. The van der Waals surface area contributed by atoms with Crippen LogP contribution in [-0.4, -0.2) is 63.9 Å². The Kier molecular flexibility index (Phi) is 6.08. The van der Waals surface area contributed by atoms with Crippen LogP contribution in [0.25, 0.3) is 0 Å². The normalized spacial score (nSPS) is 16.9. The summed E-state index contributed by atoms with van der Waals surface area (Å²) in [5.41, 5.74) is 1.54. The van der Waals surface area contributed by atoms with Gasteiger partial charge in [0.15, 0.2) is 0 Å². The number of hydrogen-bond donors (Lipinski definition) is 2. The maximum Gasteiger partial charge on any atom is 0.257 e. The Labute approximate surface area is 157 Å². The number of aromatic hydroxyl groups is 1. The number of phenolic OH excluding ortho intramolecular Hbond substituents is 1. The molecule has 0 unspecified atom stereocenters. The van der Waals surface area contributed by atoms with Crippen molar-refractivity contribution in [3.05, 3.63) is 47.8 Å². The van der Waals surface area contributed by atoms with Crippen LogP contribution >= 0.6 is 0 Å². The lowest BCUT2D eigenvalue weighted by molar-refractivity contribution is -0.123. The van der Waals surface area contributed by atoms with Gasteiger partial charge >= 0.3 is 0 Å². The molecule has 1 aromatic carbocycles. The standard InChI is InChI=1S/C19H24N4O4/c1-22-12-15(11-21-22)19(26)23-8-9-27-13-16(23)10-18(25)20-7-6-14-2-4-17(24)5-3-14/h2-5,11-12,16,24H,6-10,13H2,1H3,(H,20,25)/t16-/m1/s1. The third-order valence-electron chi connectivity index (χ3n) is 4.53. The summed E-state index contributed by atoms with van der Waals surface area (Å²) in [7, 11) is 1.76. The highest BCUT2D eigenvalue weighted by Gasteiger charge is 2.30. The molecule has 1 aromatic heterocycles. The Morgan fingerprint density at radius 1 is 1.33 bits per heavy atom. The molecule has 1 aliphatic rings. The zero-order chi connectivity index (χ0) is 19.2. The zero-order valence-corrected chi connectivity index (χ0v) is 15.3. The first-order valence-corrected chi connectivity index (χ1v) is 8.95. The van der Waals surface area contributed by atoms with Gasteiger partial charge in [0.1, 0.15) is 5.75 Å². The molecule has 0 radical (unpaired) electrons. The van der Waals surface area contributed by atoms with Crippen molar-refractivity contribution in [2.24, 2.45) is 7.05 Å². The number of carbonyl (C=O) groups is 2. The topological polar surface area (TPSA) is 96.7 Å². The molecule has 2 aromatic rings. The van der Waals surface area contributed by atoms with E-state index in [2.05, 4.69) is 10.4 Å². The van der Waals surface area contributed by atoms with Crippen LogP contribution in [0.1, 0.15) is 22.3 Å². The third-order valence-corrected chi connectivity index (χ3v) is 4.53. The number of hydrogen-bond acceptors (Lipinski definition) is 5. The van der Waals surface area contributed by atoms with Gasteiger partial charge in [0.2, 0.25) is 5.91 Å². The van der Waals surface area contributed by atoms with E-state index in [1.165, 1.54) is 6.20 Å². The van der Waals surface area contributed by atoms with Crippen LogP contribution in [0.2, 0.25) is 0 Å². The van der Waals surface area contributed by atoms with Crippen LogP contribution in [0.4, 0.5) is 0 Å². The molecule has 2 heterocycles. The monoisotopic (exact) mass is 372 g/mol. The number of aromatic nitrogens is 2. The van der Waals surface area contributed by atoms with Gasteiger partial charge in [0.05, 0.1) is 31.0 Å². The van der Waals surface area contributed by atoms with Gasteiger partial charge in [0.25, 0.3) is 5.91 Å². The molecule has 1 atom stereocenters. The Morgan fingerprint density at radius 3 is 2.81 bits per heavy atom. The first-order chi connectivity index (χ1) is 13.0. The number of phenols is 1. The van der Waals surface area contributed by atoms with Crippen molar-refractivity contribution in [3.63, 3.8) is 0 Å². The average Bonchev–Trinajstić information content (AvgIpc) is 3.10. The Morgan fingerprint density at radius 2 is 2.11 bits per heavy atom. The van der Waals surface area contributed by atoms with Gasteiger partial charge in [-0.05, 0) is 24.1 Å². The summed E-state index contributed by atoms with van der Waals surface area (Å²) in [6.45, 7) is 1.76. The second-order valence-corrected chi connectivity index (χ2v) is 6.60. The van der Waals surface area contributed by atoms with Gasteiger partial charge in [-0.3, -0.25) is 14.3 Å². The summed E-state index contributed by atoms with van der Waals surface area (Å²) >= 11 is 0. The third kappa shape index (κ3) is 5.07. The molecule has 8 nitrogen and oxygen atoms in total. The second kappa shape index (κ2) is 8.68. The molecule has 144 valence electrons. The van der Waals surface area contributed by atoms with Crippen molar-refractivity contribution >= 4 is 11.8 Å². The smallest absolute Gasteiger partial charge is 0.257 e. The molecule has 2 amide bonds. The van der Waals surface area contributed by atoms with Crippen LogP contribution in [-0.2, 0) is 23.0 Å². The zero-order valence-electron chi connectivity index (χ0n) is 15.3. The average molecular weight is 372 g/mol. The maximum atomic E-state index is 12.7. The van der Waals surface area contributed by atoms with E-state index >= 15 is 0 Å². The Hall–Kier alpha value is -2.87. The summed E-state index contributed by atoms with van der Waals surface area (Å²) < 4.78 is 7.05. The van der Waals surface area contributed by atoms with E-state index in [-0.39, 0.29) is 30.0 Å². The predicted octanol–water partition coefficient (Wildman–Crippen LogP) is 0.716. The van der Waals surface area contributed by atoms with Crippen molar-refractivity contribution in [3.8, 4) is 5.75 Å². The van der Waals surface area contributed by atoms with Gasteiger partial charge in [-0.1, -0.05) is 12.1 Å². The number of carbonyl (C=O) groups excluding carboxylic acids is 2. The van der Waals surface area contributed by atoms with Crippen LogP contribution in [0.3, 0.4) is 0 Å². The number of benzene rings is 1. The molecule has 8 heteroatoms. The number of ether oxygens (including phenoxy) is 1. The molecule has 0 spiro atoms. The van der Waals surface area contributed by atoms with Crippen molar-refractivity contribution in [1.29, 1.82) is 0 Å². The lowest BCUT2D eigenvalue weighted by atomic mass is 10.1. The molecule has 3 rings (SSSR count). The van der Waals surface area contributed by atoms with Gasteiger partial charge in [-0.25, -0.2) is 0 Å². The molecule has 1 aliphatic heterocycles. The van der Waals surface area contributed by atoms with E-state index in [0.29, 0.717) is 38.3 Å². The van der Waals surface area contributed by atoms with E-state index in [0.717, 1.165) is 5.56 Å². The minimum absolute atomic E-state index is 0.117. The first kappa shape index (κ1) is 18.9. The molecular formula is C19H24N4O4. The summed E-state index contributed by atoms with van der Waals surface area (Å²) in [5, 5.41) is 16.2. The lowest BCUT2D eigenvalue weighted by Crippen LogP contribution is -2.50. The molecular weight excluding hydrogens is 348 g/mol. The summed E-state index contributed by atoms with van der Waals surface area (Å²) in [6, 6.07) is 6.60. The molecule has 0 saturated carbocycles. The van der Waals surface area contributed by atoms with Crippen LogP contribution in [0.15, 0.2) is 36.7 Å². The predicted molar refractivity (Wildman–Crippen MR) is 98.3 cm³/mol. The molecule has 1 fully saturated rings. The molecule has 2 N–H and O–H groups in total. The van der Waals surface area contributed by atoms with Crippen molar-refractivity contribution < 1.29 is 19.4 Å². The SMILES string of the molecule is Cn1cc(C(=O)N2CCOC[C@H]2CC(=O)NCCc2ccc(O)cc2)cn1. The minimum Gasteiger partial charge on any atom is -0.508 e. The number of morpholine rings is 1. The van der Waals surface area contributed by atoms with Crippen LogP contribution in [0.5, 0.6) is 5.75 Å². The Bertz CT molecular complexity index is 787. The van der Waals surface area contributed by atoms with E-state index < -0.39 is 0 Å². The van der Waals surface area contributed by atoms with Crippen molar-refractivity contribution in [2.75, 3.05) is 26.3 Å². The van der Waals surface area contributed by atoms with Gasteiger partial charge in [-0.15, -0.1) is 0 Å². The van der Waals surface area contributed by atoms with Gasteiger partial charge in [0, 0.05) is 32.8 Å². The maximum absolute atomic E-state index is 12.7. The van der Waals surface area contributed by atoms with Crippen molar-refractivity contribution in [1.82, 2.24) is 20.0 Å². The highest BCUT2D eigenvalue weighted by Crippen LogP contribution is 2.15. The largest absolute Gasteiger partial charge is 0.508 e. The number of nitrogens with one attached hydrogen (secondary N) is 1. The number of nitrogens with zero attached hydrogens (tertiary/aromatic N) is 3. The Balaban J connectivity index is 1.51. The van der Waals surface area contributed by atoms with Crippen molar-refractivity contribution in [2.45, 2.75) is 18.9 Å². The molecule has 27 heavy (non-hydrogen) atoms. The van der Waals surface area contributed by atoms with Gasteiger partial charge in [-0.2, -0.15) is 5.10 Å². The van der Waals surface area contributed by atoms with Crippen LogP contribution < -0.4 is 5.32 Å². The molecule has 0 aliphatic carbocycles. The van der Waals surface area contributed by atoms with E-state index in [1.54, 1.807) is 35.0 Å². The fourth-order valence-electron chi connectivity index (χ4n) is 3.08. The van der Waals surface area contributed by atoms with Gasteiger partial charge < -0.3 is 20.1 Å². The second-order valence-electron chi connectivity index (χ2n) is 6.60. The fraction of sp³-hybridized carbons (Fsp3) is 0.421. The number of amides is 2. The number of rotatable bonds is 6. The van der Waals surface area contributed by atoms with E-state index in [4.69, 9.17) is 4.74 Å².